The van der Waals surface area contributed by atoms with Crippen LogP contribution in [-0.2, 0) is 12.3 Å². The summed E-state index contributed by atoms with van der Waals surface area (Å²) in [5, 5.41) is 3.56. The smallest absolute Gasteiger partial charge is 0.287 e. The van der Waals surface area contributed by atoms with E-state index < -0.39 is 0 Å². The lowest BCUT2D eigenvalue weighted by molar-refractivity contribution is 0.0921. The second kappa shape index (κ2) is 10.9. The van der Waals surface area contributed by atoms with Crippen LogP contribution >= 0.6 is 11.8 Å². The molecule has 8 heteroatoms. The van der Waals surface area contributed by atoms with Crippen molar-refractivity contribution in [2.45, 2.75) is 51.1 Å². The fourth-order valence-electron chi connectivity index (χ4n) is 2.99. The Labute approximate surface area is 187 Å². The first kappa shape index (κ1) is 22.8. The van der Waals surface area contributed by atoms with E-state index in [4.69, 9.17) is 14.4 Å². The molecule has 0 saturated carbocycles. The molecule has 0 spiro atoms. The molecule has 31 heavy (non-hydrogen) atoms. The number of nitrogens with one attached hydrogen (secondary N) is 1. The van der Waals surface area contributed by atoms with Crippen LogP contribution in [0.5, 0.6) is 0 Å². The number of hydrogen-bond donors (Lipinski definition) is 1. The highest BCUT2D eigenvalue weighted by Crippen LogP contribution is 2.26. The van der Waals surface area contributed by atoms with Gasteiger partial charge in [0, 0.05) is 43.8 Å². The SMILES string of the molecule is CCN(CC)c1cc(C(C)C)nc(SCc2ccc(C(=O)NCc3cccnc3)o2)n1. The zero-order valence-corrected chi connectivity index (χ0v) is 19.3. The largest absolute Gasteiger partial charge is 0.455 e. The topological polar surface area (TPSA) is 84.2 Å². The highest BCUT2D eigenvalue weighted by molar-refractivity contribution is 7.98. The lowest BCUT2D eigenvalue weighted by atomic mass is 10.1. The quantitative estimate of drug-likeness (QED) is 0.363. The van der Waals surface area contributed by atoms with Crippen molar-refractivity contribution in [3.05, 3.63) is 65.5 Å². The summed E-state index contributed by atoms with van der Waals surface area (Å²) in [5.41, 5.74) is 1.96. The van der Waals surface area contributed by atoms with Crippen molar-refractivity contribution >= 4 is 23.5 Å². The third-order valence-corrected chi connectivity index (χ3v) is 5.67. The van der Waals surface area contributed by atoms with E-state index in [9.17, 15) is 4.79 Å². The van der Waals surface area contributed by atoms with E-state index >= 15 is 0 Å². The molecule has 0 aliphatic carbocycles. The van der Waals surface area contributed by atoms with Crippen LogP contribution in [0.15, 0.2) is 52.3 Å². The molecule has 0 bridgehead atoms. The predicted molar refractivity (Wildman–Crippen MR) is 123 cm³/mol. The molecule has 3 aromatic heterocycles. The minimum Gasteiger partial charge on any atom is -0.455 e. The summed E-state index contributed by atoms with van der Waals surface area (Å²) in [6.45, 7) is 10.7. The van der Waals surface area contributed by atoms with Gasteiger partial charge in [0.2, 0.25) is 0 Å². The first-order chi connectivity index (χ1) is 15.0. The van der Waals surface area contributed by atoms with Gasteiger partial charge in [-0.2, -0.15) is 0 Å². The molecule has 3 heterocycles. The van der Waals surface area contributed by atoms with Gasteiger partial charge < -0.3 is 14.6 Å². The number of aromatic nitrogens is 3. The Bertz CT molecular complexity index is 987. The molecule has 0 aliphatic heterocycles. The average Bonchev–Trinajstić information content (AvgIpc) is 3.27. The van der Waals surface area contributed by atoms with Crippen molar-refractivity contribution in [2.75, 3.05) is 18.0 Å². The van der Waals surface area contributed by atoms with Crippen molar-refractivity contribution in [3.8, 4) is 0 Å². The Balaban J connectivity index is 1.63. The van der Waals surface area contributed by atoms with Crippen LogP contribution in [0.1, 0.15) is 61.2 Å². The number of rotatable bonds is 10. The van der Waals surface area contributed by atoms with Gasteiger partial charge in [-0.3, -0.25) is 9.78 Å². The minimum atomic E-state index is -0.248. The molecule has 0 atom stereocenters. The van der Waals surface area contributed by atoms with Crippen molar-refractivity contribution < 1.29 is 9.21 Å². The minimum absolute atomic E-state index is 0.248. The number of thioether (sulfide) groups is 1. The summed E-state index contributed by atoms with van der Waals surface area (Å²) in [6.07, 6.45) is 3.43. The number of carbonyl (C=O) groups is 1. The van der Waals surface area contributed by atoms with Gasteiger partial charge in [-0.1, -0.05) is 31.7 Å². The first-order valence-corrected chi connectivity index (χ1v) is 11.5. The maximum Gasteiger partial charge on any atom is 0.287 e. The van der Waals surface area contributed by atoms with E-state index in [2.05, 4.69) is 49.0 Å². The van der Waals surface area contributed by atoms with Gasteiger partial charge in [-0.15, -0.1) is 0 Å². The highest BCUT2D eigenvalue weighted by atomic mass is 32.2. The lowest BCUT2D eigenvalue weighted by Gasteiger charge is -2.21. The van der Waals surface area contributed by atoms with E-state index in [1.54, 1.807) is 18.5 Å². The molecule has 3 aromatic rings. The number of amides is 1. The molecule has 0 radical (unpaired) electrons. The Hall–Kier alpha value is -2.87. The van der Waals surface area contributed by atoms with Crippen LogP contribution in [0.25, 0.3) is 0 Å². The Morgan fingerprint density at radius 1 is 1.19 bits per heavy atom. The van der Waals surface area contributed by atoms with Gasteiger partial charge in [0.15, 0.2) is 10.9 Å². The molecule has 164 valence electrons. The van der Waals surface area contributed by atoms with Crippen molar-refractivity contribution in [1.29, 1.82) is 0 Å². The second-order valence-corrected chi connectivity index (χ2v) is 8.30. The van der Waals surface area contributed by atoms with Crippen molar-refractivity contribution in [2.24, 2.45) is 0 Å². The second-order valence-electron chi connectivity index (χ2n) is 7.36. The average molecular weight is 440 g/mol. The fourth-order valence-corrected chi connectivity index (χ4v) is 3.74. The van der Waals surface area contributed by atoms with Crippen LogP contribution in [-0.4, -0.2) is 33.9 Å². The van der Waals surface area contributed by atoms with Crippen LogP contribution in [0, 0.1) is 0 Å². The summed E-state index contributed by atoms with van der Waals surface area (Å²) in [4.78, 5) is 28.0. The maximum atomic E-state index is 12.3. The van der Waals surface area contributed by atoms with E-state index in [1.807, 2.05) is 18.2 Å². The van der Waals surface area contributed by atoms with E-state index in [0.717, 1.165) is 30.2 Å². The zero-order valence-electron chi connectivity index (χ0n) is 18.5. The van der Waals surface area contributed by atoms with Crippen LogP contribution in [0.4, 0.5) is 5.82 Å². The molecule has 1 N–H and O–H groups in total. The molecule has 1 amide bonds. The summed E-state index contributed by atoms with van der Waals surface area (Å²) >= 11 is 1.51. The first-order valence-electron chi connectivity index (χ1n) is 10.5. The molecule has 0 aromatic carbocycles. The molecule has 0 saturated heterocycles. The molecule has 0 unspecified atom stereocenters. The molecule has 3 rings (SSSR count). The zero-order chi connectivity index (χ0) is 22.2. The standard InChI is InChI=1S/C23H29N5O2S/c1-5-28(6-2)21-12-19(16(3)4)26-23(27-21)31-15-18-9-10-20(30-18)22(29)25-14-17-8-7-11-24-13-17/h7-13,16H,5-6,14-15H2,1-4H3,(H,25,29). The normalized spacial score (nSPS) is 11.0. The third-order valence-electron chi connectivity index (χ3n) is 4.80. The Morgan fingerprint density at radius 2 is 2.00 bits per heavy atom. The van der Waals surface area contributed by atoms with Gasteiger partial charge in [0.25, 0.3) is 5.91 Å². The number of carbonyl (C=O) groups excluding carboxylic acids is 1. The van der Waals surface area contributed by atoms with Crippen LogP contribution < -0.4 is 10.2 Å². The molecule has 0 aliphatic rings. The Morgan fingerprint density at radius 3 is 2.68 bits per heavy atom. The third kappa shape index (κ3) is 6.30. The monoisotopic (exact) mass is 439 g/mol. The van der Waals surface area contributed by atoms with E-state index in [0.29, 0.717) is 34.9 Å². The summed E-state index contributed by atoms with van der Waals surface area (Å²) < 4.78 is 5.74. The number of anilines is 1. The fraction of sp³-hybridized carbons (Fsp3) is 0.391. The van der Waals surface area contributed by atoms with Crippen molar-refractivity contribution in [3.63, 3.8) is 0 Å². The summed E-state index contributed by atoms with van der Waals surface area (Å²) in [5.74, 6) is 2.56. The van der Waals surface area contributed by atoms with Crippen LogP contribution in [0.3, 0.4) is 0 Å². The van der Waals surface area contributed by atoms with Gasteiger partial charge in [-0.05, 0) is 43.5 Å². The molecular weight excluding hydrogens is 410 g/mol. The maximum absolute atomic E-state index is 12.3. The van der Waals surface area contributed by atoms with E-state index in [1.165, 1.54) is 11.8 Å². The highest BCUT2D eigenvalue weighted by Gasteiger charge is 2.14. The summed E-state index contributed by atoms with van der Waals surface area (Å²) in [7, 11) is 0. The van der Waals surface area contributed by atoms with Gasteiger partial charge >= 0.3 is 0 Å². The van der Waals surface area contributed by atoms with Gasteiger partial charge in [0.1, 0.15) is 11.6 Å². The molecule has 0 fully saturated rings. The Kier molecular flexibility index (Phi) is 8.06. The number of hydrogen-bond acceptors (Lipinski definition) is 7. The number of pyridine rings is 1. The van der Waals surface area contributed by atoms with Crippen LogP contribution in [0.2, 0.25) is 0 Å². The molecular formula is C23H29N5O2S. The predicted octanol–water partition coefficient (Wildman–Crippen LogP) is 4.66. The van der Waals surface area contributed by atoms with E-state index in [-0.39, 0.29) is 5.91 Å². The van der Waals surface area contributed by atoms with Gasteiger partial charge in [-0.25, -0.2) is 9.97 Å². The summed E-state index contributed by atoms with van der Waals surface area (Å²) in [6, 6.07) is 9.34. The number of furan rings is 1. The van der Waals surface area contributed by atoms with Crippen molar-refractivity contribution in [1.82, 2.24) is 20.3 Å². The molecule has 7 nitrogen and oxygen atoms in total. The number of nitrogens with zero attached hydrogens (tertiary/aromatic N) is 4. The van der Waals surface area contributed by atoms with Gasteiger partial charge in [0.05, 0.1) is 5.75 Å². The lowest BCUT2D eigenvalue weighted by Crippen LogP contribution is -2.23.